The van der Waals surface area contributed by atoms with Crippen LogP contribution in [0.5, 0.6) is 5.95 Å². The van der Waals surface area contributed by atoms with Gasteiger partial charge in [0, 0.05) is 5.56 Å². The van der Waals surface area contributed by atoms with Crippen LogP contribution >= 0.6 is 0 Å². The summed E-state index contributed by atoms with van der Waals surface area (Å²) in [5.74, 6) is -0.721. The summed E-state index contributed by atoms with van der Waals surface area (Å²) in [5, 5.41) is 13.2. The fraction of sp³-hybridized carbons (Fsp3) is 0.0769. The smallest absolute Gasteiger partial charge is 0.437 e. The van der Waals surface area contributed by atoms with Crippen LogP contribution < -0.4 is 0 Å². The number of benzene rings is 1. The molecule has 0 atom stereocenters. The van der Waals surface area contributed by atoms with Crippen LogP contribution in [-0.2, 0) is 9.63 Å². The van der Waals surface area contributed by atoms with E-state index in [0.717, 1.165) is 5.56 Å². The van der Waals surface area contributed by atoms with Gasteiger partial charge in [0.1, 0.15) is 0 Å². The molecule has 1 aromatic heterocycles. The van der Waals surface area contributed by atoms with E-state index in [9.17, 15) is 9.90 Å². The minimum absolute atomic E-state index is 0.139. The van der Waals surface area contributed by atoms with Gasteiger partial charge in [-0.3, -0.25) is 4.84 Å². The van der Waals surface area contributed by atoms with Crippen LogP contribution in [-0.4, -0.2) is 27.8 Å². The quantitative estimate of drug-likeness (QED) is 0.666. The lowest BCUT2D eigenvalue weighted by Gasteiger charge is -1.91. The van der Waals surface area contributed by atoms with Crippen LogP contribution in [0.4, 0.5) is 0 Å². The van der Waals surface area contributed by atoms with Crippen LogP contribution in [0.1, 0.15) is 5.69 Å². The molecule has 0 radical (unpaired) electrons. The Labute approximate surface area is 113 Å². The number of rotatable bonds is 2. The normalized spacial score (nSPS) is 16.4. The highest BCUT2D eigenvalue weighted by Crippen LogP contribution is 2.28. The molecule has 0 unspecified atom stereocenters. The van der Waals surface area contributed by atoms with Gasteiger partial charge in [0.25, 0.3) is 0 Å². The van der Waals surface area contributed by atoms with Crippen molar-refractivity contribution in [3.63, 3.8) is 0 Å². The fourth-order valence-electron chi connectivity index (χ4n) is 1.73. The first kappa shape index (κ1) is 12.1. The van der Waals surface area contributed by atoms with Gasteiger partial charge in [0.15, 0.2) is 12.7 Å². The van der Waals surface area contributed by atoms with Gasteiger partial charge in [-0.2, -0.15) is 0 Å². The zero-order chi connectivity index (χ0) is 14.1. The van der Waals surface area contributed by atoms with Crippen molar-refractivity contribution >= 4 is 12.0 Å². The molecule has 0 saturated carbocycles. The van der Waals surface area contributed by atoms with Crippen molar-refractivity contribution in [3.8, 4) is 17.4 Å². The van der Waals surface area contributed by atoms with Crippen LogP contribution in [0.2, 0.25) is 0 Å². The summed E-state index contributed by atoms with van der Waals surface area (Å²) < 4.78 is 6.43. The number of nitrogens with zero attached hydrogens (tertiary/aromatic N) is 3. The van der Waals surface area contributed by atoms with E-state index in [1.165, 1.54) is 10.8 Å². The summed E-state index contributed by atoms with van der Waals surface area (Å²) in [6.45, 7) is 0. The Bertz CT molecular complexity index is 731. The molecule has 7 heteroatoms. The van der Waals surface area contributed by atoms with Crippen LogP contribution in [0.3, 0.4) is 0 Å². The Morgan fingerprint density at radius 2 is 2.05 bits per heavy atom. The van der Waals surface area contributed by atoms with Gasteiger partial charge in [-0.25, -0.2) is 9.78 Å². The molecule has 0 bridgehead atoms. The van der Waals surface area contributed by atoms with Crippen molar-refractivity contribution in [3.05, 3.63) is 41.7 Å². The molecule has 20 heavy (non-hydrogen) atoms. The van der Waals surface area contributed by atoms with Gasteiger partial charge in [0.05, 0.1) is 6.08 Å². The first-order valence-electron chi connectivity index (χ1n) is 5.78. The molecule has 100 valence electrons. The number of hydrogen-bond acceptors (Lipinski definition) is 6. The summed E-state index contributed by atoms with van der Waals surface area (Å²) >= 11 is 0. The number of hydrogen-bond donors (Lipinski definition) is 1. The van der Waals surface area contributed by atoms with E-state index in [1.54, 1.807) is 19.2 Å². The SMILES string of the molecule is C[N+]1=NOC(=O)/C1=C\c1nc(-c2ccccc2)oc1O. The Hall–Kier alpha value is -2.96. The number of carbonyl (C=O) groups is 1. The molecular formula is C13H10N3O4+. The van der Waals surface area contributed by atoms with E-state index >= 15 is 0 Å². The van der Waals surface area contributed by atoms with Crippen LogP contribution in [0, 0.1) is 0 Å². The Balaban J connectivity index is 2.01. The van der Waals surface area contributed by atoms with Gasteiger partial charge < -0.3 is 9.52 Å². The predicted octanol–water partition coefficient (Wildman–Crippen LogP) is 1.95. The molecule has 2 heterocycles. The van der Waals surface area contributed by atoms with Crippen molar-refractivity contribution in [1.82, 2.24) is 4.98 Å². The third-order valence-corrected chi connectivity index (χ3v) is 2.73. The van der Waals surface area contributed by atoms with Crippen molar-refractivity contribution in [2.24, 2.45) is 5.28 Å². The highest BCUT2D eigenvalue weighted by Gasteiger charge is 2.32. The second-order valence-corrected chi connectivity index (χ2v) is 4.09. The number of oxazole rings is 1. The lowest BCUT2D eigenvalue weighted by atomic mass is 10.2. The topological polar surface area (TPSA) is 87.9 Å². The number of aromatic nitrogens is 1. The molecule has 1 aliphatic rings. The third kappa shape index (κ3) is 2.05. The Kier molecular flexibility index (Phi) is 2.79. The minimum atomic E-state index is -0.615. The van der Waals surface area contributed by atoms with Gasteiger partial charge >= 0.3 is 17.6 Å². The maximum Gasteiger partial charge on any atom is 0.437 e. The van der Waals surface area contributed by atoms with E-state index < -0.39 is 5.97 Å². The molecule has 1 aliphatic heterocycles. The average molecular weight is 272 g/mol. The Morgan fingerprint density at radius 3 is 2.70 bits per heavy atom. The third-order valence-electron chi connectivity index (χ3n) is 2.73. The molecule has 1 aromatic carbocycles. The number of carbonyl (C=O) groups excluding carboxylic acids is 1. The lowest BCUT2D eigenvalue weighted by molar-refractivity contribution is -0.517. The maximum absolute atomic E-state index is 11.4. The molecule has 0 spiro atoms. The van der Waals surface area contributed by atoms with E-state index in [-0.39, 0.29) is 23.2 Å². The average Bonchev–Trinajstić information content (AvgIpc) is 2.98. The fourth-order valence-corrected chi connectivity index (χ4v) is 1.73. The number of aromatic hydroxyl groups is 1. The highest BCUT2D eigenvalue weighted by molar-refractivity contribution is 5.91. The second-order valence-electron chi connectivity index (χ2n) is 4.09. The van der Waals surface area contributed by atoms with Gasteiger partial charge in [0.2, 0.25) is 11.2 Å². The van der Waals surface area contributed by atoms with Crippen molar-refractivity contribution in [2.75, 3.05) is 7.05 Å². The van der Waals surface area contributed by atoms with E-state index in [4.69, 9.17) is 4.42 Å². The Morgan fingerprint density at radius 1 is 1.30 bits per heavy atom. The van der Waals surface area contributed by atoms with E-state index in [1.807, 2.05) is 18.2 Å². The van der Waals surface area contributed by atoms with Crippen LogP contribution in [0.25, 0.3) is 17.5 Å². The van der Waals surface area contributed by atoms with Gasteiger partial charge in [-0.05, 0) is 16.8 Å². The molecule has 2 aromatic rings. The molecule has 3 rings (SSSR count). The van der Waals surface area contributed by atoms with Gasteiger partial charge in [-0.15, -0.1) is 0 Å². The van der Waals surface area contributed by atoms with E-state index in [2.05, 4.69) is 15.1 Å². The maximum atomic E-state index is 11.4. The summed E-state index contributed by atoms with van der Waals surface area (Å²) in [5.41, 5.74) is 1.02. The van der Waals surface area contributed by atoms with Crippen molar-refractivity contribution < 1.29 is 23.9 Å². The predicted molar refractivity (Wildman–Crippen MR) is 66.3 cm³/mol. The monoisotopic (exact) mass is 272 g/mol. The summed E-state index contributed by atoms with van der Waals surface area (Å²) in [7, 11) is 1.55. The first-order chi connectivity index (χ1) is 9.65. The number of likely N-dealkylation sites (N-methyl/N-ethyl adjacent to an activating group) is 1. The zero-order valence-electron chi connectivity index (χ0n) is 10.5. The summed E-state index contributed by atoms with van der Waals surface area (Å²) in [6, 6.07) is 9.12. The molecule has 7 nitrogen and oxygen atoms in total. The lowest BCUT2D eigenvalue weighted by Crippen LogP contribution is -2.04. The first-order valence-corrected chi connectivity index (χ1v) is 5.78. The molecule has 0 aliphatic carbocycles. The van der Waals surface area contributed by atoms with Crippen molar-refractivity contribution in [1.29, 1.82) is 0 Å². The highest BCUT2D eigenvalue weighted by atomic mass is 16.7. The second kappa shape index (κ2) is 4.61. The van der Waals surface area contributed by atoms with Crippen molar-refractivity contribution in [2.45, 2.75) is 0 Å². The van der Waals surface area contributed by atoms with Crippen LogP contribution in [0.15, 0.2) is 45.7 Å². The molecule has 0 amide bonds. The molecule has 0 saturated heterocycles. The minimum Gasteiger partial charge on any atom is -0.479 e. The summed E-state index contributed by atoms with van der Waals surface area (Å²) in [4.78, 5) is 20.0. The van der Waals surface area contributed by atoms with E-state index in [0.29, 0.717) is 0 Å². The standard InChI is InChI=1S/C13H9N3O4/c1-16-10(13(18)20-15-16)7-9-12(17)19-11(14-9)8-5-3-2-4-6-8/h2-7H,1H3/p+1. The van der Waals surface area contributed by atoms with Gasteiger partial charge in [-0.1, -0.05) is 18.2 Å². The zero-order valence-corrected chi connectivity index (χ0v) is 10.5. The summed E-state index contributed by atoms with van der Waals surface area (Å²) in [6.07, 6.45) is 1.35. The largest absolute Gasteiger partial charge is 0.479 e. The molecule has 1 N–H and O–H groups in total. The molecular weight excluding hydrogens is 262 g/mol. The molecule has 0 fully saturated rings.